The molecule has 0 bridgehead atoms. The third-order valence-electron chi connectivity index (χ3n) is 6.23. The number of rotatable bonds is 10. The summed E-state index contributed by atoms with van der Waals surface area (Å²) >= 11 is 13.1. The van der Waals surface area contributed by atoms with Gasteiger partial charge in [-0.15, -0.1) is 0 Å². The first-order chi connectivity index (χ1) is 19.8. The average Bonchev–Trinajstić information content (AvgIpc) is 2.98. The zero-order chi connectivity index (χ0) is 29.4. The van der Waals surface area contributed by atoms with Crippen molar-refractivity contribution in [2.24, 2.45) is 0 Å². The van der Waals surface area contributed by atoms with Gasteiger partial charge < -0.3 is 20.1 Å². The minimum Gasteiger partial charge on any atom is -0.496 e. The molecular formula is C32H29Cl2N3O4. The van der Waals surface area contributed by atoms with E-state index in [1.807, 2.05) is 49.4 Å². The zero-order valence-corrected chi connectivity index (χ0v) is 24.3. The number of aromatic nitrogens is 1. The van der Waals surface area contributed by atoms with Gasteiger partial charge in [0.2, 0.25) is 5.91 Å². The molecule has 9 heteroatoms. The Kier molecular flexibility index (Phi) is 10.0. The molecule has 0 saturated heterocycles. The van der Waals surface area contributed by atoms with E-state index in [1.54, 1.807) is 43.5 Å². The Hall–Kier alpha value is -4.33. The number of carbonyl (C=O) groups is 2. The van der Waals surface area contributed by atoms with Crippen LogP contribution >= 0.6 is 23.2 Å². The van der Waals surface area contributed by atoms with Gasteiger partial charge >= 0.3 is 0 Å². The minimum atomic E-state index is -0.278. The second kappa shape index (κ2) is 13.8. The van der Waals surface area contributed by atoms with Crippen LogP contribution in [0.5, 0.6) is 11.5 Å². The smallest absolute Gasteiger partial charge is 0.254 e. The van der Waals surface area contributed by atoms with Crippen LogP contribution in [0.15, 0.2) is 72.8 Å². The highest BCUT2D eigenvalue weighted by molar-refractivity contribution is 6.36. The Labute approximate surface area is 248 Å². The normalized spacial score (nSPS) is 11.2. The summed E-state index contributed by atoms with van der Waals surface area (Å²) in [6.45, 7) is 2.39. The summed E-state index contributed by atoms with van der Waals surface area (Å²) in [5, 5.41) is 7.31. The first-order valence-electron chi connectivity index (χ1n) is 12.8. The van der Waals surface area contributed by atoms with Crippen molar-refractivity contribution in [1.29, 1.82) is 0 Å². The first kappa shape index (κ1) is 29.6. The summed E-state index contributed by atoms with van der Waals surface area (Å²) in [6.07, 6.45) is 6.67. The molecule has 0 saturated carbocycles. The van der Waals surface area contributed by atoms with E-state index < -0.39 is 0 Å². The Balaban J connectivity index is 1.37. The molecule has 1 aromatic heterocycles. The number of benzene rings is 3. The number of halogens is 2. The van der Waals surface area contributed by atoms with Gasteiger partial charge in [-0.3, -0.25) is 9.59 Å². The van der Waals surface area contributed by atoms with E-state index in [4.69, 9.17) is 32.7 Å². The van der Waals surface area contributed by atoms with Gasteiger partial charge in [0, 0.05) is 41.3 Å². The van der Waals surface area contributed by atoms with E-state index in [9.17, 15) is 9.59 Å². The predicted octanol–water partition coefficient (Wildman–Crippen LogP) is 6.64. The van der Waals surface area contributed by atoms with Crippen molar-refractivity contribution in [3.05, 3.63) is 111 Å². The molecule has 0 aliphatic carbocycles. The Morgan fingerprint density at radius 1 is 1.00 bits per heavy atom. The number of nitrogens with one attached hydrogen (secondary N) is 2. The van der Waals surface area contributed by atoms with E-state index in [-0.39, 0.29) is 25.0 Å². The van der Waals surface area contributed by atoms with Crippen molar-refractivity contribution >= 4 is 58.1 Å². The monoisotopic (exact) mass is 589 g/mol. The van der Waals surface area contributed by atoms with Crippen LogP contribution in [0.1, 0.15) is 32.7 Å². The molecule has 0 aliphatic rings. The maximum atomic E-state index is 12.3. The van der Waals surface area contributed by atoms with E-state index in [2.05, 4.69) is 15.6 Å². The number of para-hydroxylation sites is 1. The number of aryl methyl sites for hydroxylation is 1. The van der Waals surface area contributed by atoms with Gasteiger partial charge in [-0.1, -0.05) is 65.7 Å². The largest absolute Gasteiger partial charge is 0.496 e. The van der Waals surface area contributed by atoms with E-state index >= 15 is 0 Å². The van der Waals surface area contributed by atoms with E-state index in [0.29, 0.717) is 32.7 Å². The fourth-order valence-electron chi connectivity index (χ4n) is 4.07. The van der Waals surface area contributed by atoms with Gasteiger partial charge in [-0.05, 0) is 54.5 Å². The lowest BCUT2D eigenvalue weighted by atomic mass is 10.1. The van der Waals surface area contributed by atoms with Crippen LogP contribution in [-0.2, 0) is 11.4 Å². The number of hydrogen-bond acceptors (Lipinski definition) is 5. The molecule has 0 atom stereocenters. The second-order valence-corrected chi connectivity index (χ2v) is 9.80. The van der Waals surface area contributed by atoms with Crippen LogP contribution in [0.4, 0.5) is 0 Å². The SMILES string of the molecule is CNC(=O)c1ccc(/C=C\C(=O)NCC=Cc2ccc(Cl)c(COc3cccc4ccc(C)nc34)c2Cl)cc1OC. The summed E-state index contributed by atoms with van der Waals surface area (Å²) < 4.78 is 11.4. The van der Waals surface area contributed by atoms with Gasteiger partial charge in [0.1, 0.15) is 23.6 Å². The average molecular weight is 591 g/mol. The standard InChI is InChI=1S/C32H29Cl2N3O4/c1-20-9-12-23-6-4-8-27(31(23)37-20)41-19-25-26(33)15-13-22(30(25)34)7-5-17-36-29(38)16-11-21-10-14-24(32(39)35-2)28(18-21)40-3/h4-16,18H,17,19H2,1-3H3,(H,35,39)(H,36,38)/b7-5?,16-11-. The van der Waals surface area contributed by atoms with E-state index in [1.165, 1.54) is 13.2 Å². The van der Waals surface area contributed by atoms with Gasteiger partial charge in [0.15, 0.2) is 0 Å². The van der Waals surface area contributed by atoms with E-state index in [0.717, 1.165) is 27.7 Å². The summed E-state index contributed by atoms with van der Waals surface area (Å²) in [7, 11) is 3.04. The van der Waals surface area contributed by atoms with Crippen LogP contribution in [0.2, 0.25) is 10.0 Å². The lowest BCUT2D eigenvalue weighted by Crippen LogP contribution is -2.20. The van der Waals surface area contributed by atoms with Crippen molar-refractivity contribution in [3.8, 4) is 11.5 Å². The maximum absolute atomic E-state index is 12.3. The van der Waals surface area contributed by atoms with Crippen molar-refractivity contribution in [1.82, 2.24) is 15.6 Å². The van der Waals surface area contributed by atoms with Gasteiger partial charge in [0.25, 0.3) is 5.91 Å². The van der Waals surface area contributed by atoms with Crippen LogP contribution in [0.25, 0.3) is 23.1 Å². The number of ether oxygens (including phenoxy) is 2. The lowest BCUT2D eigenvalue weighted by Gasteiger charge is -2.13. The highest BCUT2D eigenvalue weighted by atomic mass is 35.5. The molecule has 41 heavy (non-hydrogen) atoms. The van der Waals surface area contributed by atoms with Crippen molar-refractivity contribution in [2.45, 2.75) is 13.5 Å². The molecule has 4 rings (SSSR count). The molecule has 0 fully saturated rings. The Morgan fingerprint density at radius 2 is 1.83 bits per heavy atom. The molecule has 0 unspecified atom stereocenters. The minimum absolute atomic E-state index is 0.171. The van der Waals surface area contributed by atoms with Crippen LogP contribution in [-0.4, -0.2) is 37.5 Å². The third-order valence-corrected chi connectivity index (χ3v) is 7.03. The number of amides is 2. The third kappa shape index (κ3) is 7.45. The number of carbonyl (C=O) groups excluding carboxylic acids is 2. The van der Waals surface area contributed by atoms with Crippen molar-refractivity contribution in [3.63, 3.8) is 0 Å². The van der Waals surface area contributed by atoms with Crippen LogP contribution in [0.3, 0.4) is 0 Å². The van der Waals surface area contributed by atoms with Gasteiger partial charge in [0.05, 0.1) is 17.7 Å². The summed E-state index contributed by atoms with van der Waals surface area (Å²) in [5.74, 6) is 0.540. The lowest BCUT2D eigenvalue weighted by molar-refractivity contribution is -0.116. The fraction of sp³-hybridized carbons (Fsp3) is 0.156. The molecule has 0 aliphatic heterocycles. The number of nitrogens with zero attached hydrogens (tertiary/aromatic N) is 1. The maximum Gasteiger partial charge on any atom is 0.254 e. The second-order valence-electron chi connectivity index (χ2n) is 9.02. The topological polar surface area (TPSA) is 89.6 Å². The highest BCUT2D eigenvalue weighted by Crippen LogP contribution is 2.32. The highest BCUT2D eigenvalue weighted by Gasteiger charge is 2.13. The number of hydrogen-bond donors (Lipinski definition) is 2. The molecular weight excluding hydrogens is 561 g/mol. The first-order valence-corrected chi connectivity index (χ1v) is 13.5. The Bertz CT molecular complexity index is 1650. The quantitative estimate of drug-likeness (QED) is 0.202. The van der Waals surface area contributed by atoms with Gasteiger partial charge in [-0.2, -0.15) is 0 Å². The summed E-state index contributed by atoms with van der Waals surface area (Å²) in [5.41, 5.74) is 4.21. The molecule has 1 heterocycles. The number of fused-ring (bicyclic) bond motifs is 1. The molecule has 0 radical (unpaired) electrons. The number of methoxy groups -OCH3 is 1. The molecule has 7 nitrogen and oxygen atoms in total. The molecule has 0 spiro atoms. The number of pyridine rings is 1. The van der Waals surface area contributed by atoms with Crippen LogP contribution in [0, 0.1) is 6.92 Å². The molecule has 4 aromatic rings. The predicted molar refractivity (Wildman–Crippen MR) is 165 cm³/mol. The van der Waals surface area contributed by atoms with Crippen molar-refractivity contribution in [2.75, 3.05) is 20.7 Å². The van der Waals surface area contributed by atoms with Gasteiger partial charge in [-0.25, -0.2) is 4.98 Å². The van der Waals surface area contributed by atoms with Crippen molar-refractivity contribution < 1.29 is 19.1 Å². The summed E-state index contributed by atoms with van der Waals surface area (Å²) in [4.78, 5) is 28.8. The molecule has 3 aromatic carbocycles. The molecule has 210 valence electrons. The van der Waals surface area contributed by atoms with Crippen LogP contribution < -0.4 is 20.1 Å². The molecule has 2 N–H and O–H groups in total. The molecule has 2 amide bonds. The zero-order valence-electron chi connectivity index (χ0n) is 22.8. The summed E-state index contributed by atoms with van der Waals surface area (Å²) in [6, 6.07) is 18.4. The fourth-order valence-corrected chi connectivity index (χ4v) is 4.61. The Morgan fingerprint density at radius 3 is 2.61 bits per heavy atom.